The van der Waals surface area contributed by atoms with Crippen molar-refractivity contribution in [3.05, 3.63) is 16.0 Å². The minimum Gasteiger partial charge on any atom is -0.394 e. The Morgan fingerprint density at radius 3 is 2.52 bits per heavy atom. The van der Waals surface area contributed by atoms with E-state index in [1.54, 1.807) is 0 Å². The summed E-state index contributed by atoms with van der Waals surface area (Å²) in [4.78, 5) is 23.4. The first-order chi connectivity index (χ1) is 10.8. The molecule has 1 aliphatic rings. The fourth-order valence-electron chi connectivity index (χ4n) is 2.07. The first-order valence-corrected chi connectivity index (χ1v) is 6.30. The van der Waals surface area contributed by atoms with E-state index in [0.717, 1.165) is 0 Å². The van der Waals surface area contributed by atoms with Crippen LogP contribution in [0.3, 0.4) is 0 Å². The van der Waals surface area contributed by atoms with Gasteiger partial charge in [-0.3, -0.25) is 10.2 Å². The van der Waals surface area contributed by atoms with Gasteiger partial charge in [0, 0.05) is 0 Å². The van der Waals surface area contributed by atoms with E-state index in [9.17, 15) is 19.8 Å². The van der Waals surface area contributed by atoms with Crippen molar-refractivity contribution in [2.75, 3.05) is 11.9 Å². The number of aromatic nitrogens is 3. The van der Waals surface area contributed by atoms with Crippen LogP contribution < -0.4 is 22.3 Å². The monoisotopic (exact) mass is 329 g/mol. The lowest BCUT2D eigenvalue weighted by molar-refractivity contribution is -0.0622. The lowest BCUT2D eigenvalue weighted by Gasteiger charge is -2.17. The number of nitrogens with one attached hydrogen (secondary N) is 2. The molecule has 13 nitrogen and oxygen atoms in total. The third-order valence-electron chi connectivity index (χ3n) is 3.16. The summed E-state index contributed by atoms with van der Waals surface area (Å²) in [6.07, 6.45) is -5.64. The van der Waals surface area contributed by atoms with Gasteiger partial charge in [0.15, 0.2) is 11.9 Å². The van der Waals surface area contributed by atoms with Crippen LogP contribution >= 0.6 is 0 Å². The van der Waals surface area contributed by atoms with Gasteiger partial charge in [-0.25, -0.2) is 4.79 Å². The number of nitrogens with two attached hydrogens (primary N) is 2. The number of aliphatic hydroxyl groups excluding tert-OH is 3. The lowest BCUT2D eigenvalue weighted by atomic mass is 10.1. The van der Waals surface area contributed by atoms with Gasteiger partial charge in [0.05, 0.1) is 6.61 Å². The van der Waals surface area contributed by atoms with Crippen LogP contribution in [-0.4, -0.2) is 67.1 Å². The van der Waals surface area contributed by atoms with Gasteiger partial charge in [0.1, 0.15) is 29.8 Å². The highest BCUT2D eigenvalue weighted by molar-refractivity contribution is 6.01. The van der Waals surface area contributed by atoms with E-state index < -0.39 is 60.0 Å². The Morgan fingerprint density at radius 2 is 2.04 bits per heavy atom. The maximum Gasteiger partial charge on any atom is 0.316 e. The van der Waals surface area contributed by atoms with E-state index in [2.05, 4.69) is 10.3 Å². The third kappa shape index (κ3) is 2.98. The number of carbonyl (C=O) groups excluding carboxylic acids is 1. The van der Waals surface area contributed by atoms with E-state index in [-0.39, 0.29) is 0 Å². The zero-order chi connectivity index (χ0) is 17.3. The average Bonchev–Trinajstić information content (AvgIpc) is 2.76. The third-order valence-corrected chi connectivity index (χ3v) is 3.16. The van der Waals surface area contributed by atoms with Crippen molar-refractivity contribution in [2.24, 2.45) is 11.5 Å². The minimum absolute atomic E-state index is 0.420. The van der Waals surface area contributed by atoms with Crippen molar-refractivity contribution >= 4 is 17.6 Å². The fraction of sp³-hybridized carbons (Fsp3) is 0.500. The Bertz CT molecular complexity index is 691. The predicted octanol–water partition coefficient (Wildman–Crippen LogP) is -3.98. The largest absolute Gasteiger partial charge is 0.394 e. The fourth-order valence-corrected chi connectivity index (χ4v) is 2.07. The summed E-state index contributed by atoms with van der Waals surface area (Å²) in [7, 11) is 0. The normalized spacial score (nSPS) is 26.9. The Balaban J connectivity index is 2.51. The molecule has 2 rings (SSSR count). The van der Waals surface area contributed by atoms with Crippen molar-refractivity contribution in [1.29, 1.82) is 5.41 Å². The van der Waals surface area contributed by atoms with Gasteiger partial charge in [0.25, 0.3) is 5.56 Å². The molecule has 1 aromatic rings. The number of hydrogen-bond acceptors (Lipinski definition) is 9. The van der Waals surface area contributed by atoms with Crippen LogP contribution in [0.5, 0.6) is 0 Å². The molecule has 0 radical (unpaired) electrons. The summed E-state index contributed by atoms with van der Waals surface area (Å²) < 4.78 is 5.69. The molecule has 4 atom stereocenters. The molecule has 0 aliphatic carbocycles. The molecule has 0 saturated carbocycles. The Morgan fingerprint density at radius 1 is 1.39 bits per heavy atom. The second-order valence-electron chi connectivity index (χ2n) is 4.69. The highest BCUT2D eigenvalue weighted by Gasteiger charge is 2.44. The molecule has 13 heteroatoms. The maximum absolute atomic E-state index is 12.4. The van der Waals surface area contributed by atoms with Gasteiger partial charge in [-0.1, -0.05) is 5.21 Å². The number of urea groups is 1. The number of anilines is 1. The number of carbonyl (C=O) groups is 1. The molecule has 0 spiro atoms. The summed E-state index contributed by atoms with van der Waals surface area (Å²) in [5.41, 5.74) is 8.23. The van der Waals surface area contributed by atoms with E-state index >= 15 is 0 Å². The van der Waals surface area contributed by atoms with Crippen LogP contribution in [0.4, 0.5) is 10.5 Å². The maximum atomic E-state index is 12.4. The highest BCUT2D eigenvalue weighted by atomic mass is 16.6. The second-order valence-corrected chi connectivity index (χ2v) is 4.69. The number of nitrogens with zero attached hydrogens (tertiary/aromatic N) is 3. The molecule has 9 N–H and O–H groups in total. The standard InChI is InChI=1S/C10H15N7O6/c11-7(12)3-4(14-10(13)22)8(21)17(16-15-3)9-6(20)5(19)2(1-18)23-9/h2,5-6,9,18-20H,1H2,(H3,11,12)(H3,13,14,22). The van der Waals surface area contributed by atoms with Crippen molar-refractivity contribution in [3.63, 3.8) is 0 Å². The molecular formula is C10H15N7O6. The topological polar surface area (TPSA) is 223 Å². The predicted molar refractivity (Wildman–Crippen MR) is 73.5 cm³/mol. The van der Waals surface area contributed by atoms with Crippen LogP contribution in [0.25, 0.3) is 0 Å². The summed E-state index contributed by atoms with van der Waals surface area (Å²) in [5.74, 6) is -0.647. The molecule has 0 aromatic carbocycles. The number of amidine groups is 1. The SMILES string of the molecule is N=C(N)c1nnn(C2OC(CO)C(O)C2O)c(=O)c1NC(N)=O. The number of nitrogen functional groups attached to an aromatic ring is 1. The van der Waals surface area contributed by atoms with Crippen molar-refractivity contribution < 1.29 is 24.9 Å². The molecular weight excluding hydrogens is 314 g/mol. The zero-order valence-corrected chi connectivity index (χ0v) is 11.6. The smallest absolute Gasteiger partial charge is 0.316 e. The number of ether oxygens (including phenoxy) is 1. The number of aliphatic hydroxyl groups is 3. The first kappa shape index (κ1) is 16.8. The Kier molecular flexibility index (Phi) is 4.55. The van der Waals surface area contributed by atoms with E-state index in [1.807, 2.05) is 5.32 Å². The van der Waals surface area contributed by atoms with Crippen molar-refractivity contribution in [3.8, 4) is 0 Å². The minimum atomic E-state index is -1.58. The van der Waals surface area contributed by atoms with Crippen molar-refractivity contribution in [1.82, 2.24) is 15.0 Å². The average molecular weight is 329 g/mol. The van der Waals surface area contributed by atoms with Gasteiger partial charge in [0.2, 0.25) is 0 Å². The number of primary amides is 1. The molecule has 4 unspecified atom stereocenters. The van der Waals surface area contributed by atoms with Gasteiger partial charge in [-0.05, 0) is 0 Å². The molecule has 2 amide bonds. The highest BCUT2D eigenvalue weighted by Crippen LogP contribution is 2.27. The summed E-state index contributed by atoms with van der Waals surface area (Å²) in [6, 6.07) is -1.11. The van der Waals surface area contributed by atoms with E-state index in [1.165, 1.54) is 0 Å². The van der Waals surface area contributed by atoms with Crippen LogP contribution in [-0.2, 0) is 4.74 Å². The van der Waals surface area contributed by atoms with Crippen LogP contribution in [0, 0.1) is 5.41 Å². The Labute approximate surface area is 128 Å². The molecule has 1 aromatic heterocycles. The number of rotatable bonds is 4. The van der Waals surface area contributed by atoms with Crippen molar-refractivity contribution in [2.45, 2.75) is 24.5 Å². The van der Waals surface area contributed by atoms with Crippen LogP contribution in [0.1, 0.15) is 11.9 Å². The Hall–Kier alpha value is -2.61. The van der Waals surface area contributed by atoms with Crippen LogP contribution in [0.15, 0.2) is 4.79 Å². The van der Waals surface area contributed by atoms with Gasteiger partial charge in [-0.15, -0.1) is 5.10 Å². The molecule has 2 heterocycles. The zero-order valence-electron chi connectivity index (χ0n) is 11.6. The molecule has 1 aliphatic heterocycles. The number of amides is 2. The van der Waals surface area contributed by atoms with Gasteiger partial charge in [-0.2, -0.15) is 4.68 Å². The molecule has 23 heavy (non-hydrogen) atoms. The van der Waals surface area contributed by atoms with E-state index in [0.29, 0.717) is 4.68 Å². The molecule has 1 fully saturated rings. The summed E-state index contributed by atoms with van der Waals surface area (Å²) in [6.45, 7) is -0.602. The number of hydrogen-bond donors (Lipinski definition) is 7. The summed E-state index contributed by atoms with van der Waals surface area (Å²) >= 11 is 0. The van der Waals surface area contributed by atoms with Crippen LogP contribution in [0.2, 0.25) is 0 Å². The lowest BCUT2D eigenvalue weighted by Crippen LogP contribution is -2.40. The first-order valence-electron chi connectivity index (χ1n) is 6.30. The second kappa shape index (κ2) is 6.25. The quantitative estimate of drug-likeness (QED) is 0.211. The molecule has 126 valence electrons. The molecule has 1 saturated heterocycles. The summed E-state index contributed by atoms with van der Waals surface area (Å²) in [5, 5.41) is 44.9. The van der Waals surface area contributed by atoms with E-state index in [4.69, 9.17) is 26.7 Å². The van der Waals surface area contributed by atoms with Gasteiger partial charge < -0.3 is 36.8 Å². The van der Waals surface area contributed by atoms with Gasteiger partial charge >= 0.3 is 6.03 Å². The molecule has 0 bridgehead atoms.